The Morgan fingerprint density at radius 2 is 1.89 bits per heavy atom. The highest BCUT2D eigenvalue weighted by atomic mass is 16.5. The lowest BCUT2D eigenvalue weighted by Gasteiger charge is -2.17. The Balaban J connectivity index is 1.92. The molecular formula is C16H25NO. The average molecular weight is 247 g/mol. The number of methoxy groups -OCH3 is 1. The minimum atomic E-state index is 0.832. The molecule has 0 bridgehead atoms. The first-order chi connectivity index (χ1) is 8.79. The maximum atomic E-state index is 5.43. The number of hydrogen-bond acceptors (Lipinski definition) is 2. The zero-order valence-electron chi connectivity index (χ0n) is 11.7. The number of benzene rings is 1. The summed E-state index contributed by atoms with van der Waals surface area (Å²) < 4.78 is 5.43. The molecule has 1 aromatic rings. The van der Waals surface area contributed by atoms with Crippen molar-refractivity contribution in [2.75, 3.05) is 19.0 Å². The summed E-state index contributed by atoms with van der Waals surface area (Å²) in [5.74, 6) is 1.79. The van der Waals surface area contributed by atoms with Crippen LogP contribution in [0, 0.1) is 12.8 Å². The lowest BCUT2D eigenvalue weighted by Crippen LogP contribution is -2.14. The van der Waals surface area contributed by atoms with E-state index in [9.17, 15) is 0 Å². The first-order valence-corrected chi connectivity index (χ1v) is 7.18. The third-order valence-electron chi connectivity index (χ3n) is 3.91. The molecule has 18 heavy (non-hydrogen) atoms. The predicted octanol–water partition coefficient (Wildman–Crippen LogP) is 4.39. The van der Waals surface area contributed by atoms with Crippen molar-refractivity contribution in [3.8, 4) is 5.75 Å². The molecule has 0 heterocycles. The maximum Gasteiger partial charge on any atom is 0.142 e. The van der Waals surface area contributed by atoms with E-state index < -0.39 is 0 Å². The van der Waals surface area contributed by atoms with E-state index in [4.69, 9.17) is 4.74 Å². The summed E-state index contributed by atoms with van der Waals surface area (Å²) in [6, 6.07) is 6.36. The van der Waals surface area contributed by atoms with Gasteiger partial charge in [-0.1, -0.05) is 31.7 Å². The molecule has 0 amide bonds. The van der Waals surface area contributed by atoms with Crippen LogP contribution in [0.15, 0.2) is 18.2 Å². The van der Waals surface area contributed by atoms with E-state index in [0.717, 1.165) is 23.9 Å². The van der Waals surface area contributed by atoms with Crippen LogP contribution in [0.1, 0.15) is 44.1 Å². The molecule has 1 fully saturated rings. The molecule has 0 saturated heterocycles. The van der Waals surface area contributed by atoms with Gasteiger partial charge >= 0.3 is 0 Å². The molecular weight excluding hydrogens is 222 g/mol. The van der Waals surface area contributed by atoms with Gasteiger partial charge in [0.15, 0.2) is 0 Å². The van der Waals surface area contributed by atoms with Gasteiger partial charge in [0.2, 0.25) is 0 Å². The number of hydrogen-bond donors (Lipinski definition) is 1. The summed E-state index contributed by atoms with van der Waals surface area (Å²) >= 11 is 0. The third-order valence-corrected chi connectivity index (χ3v) is 3.91. The Morgan fingerprint density at radius 1 is 1.17 bits per heavy atom. The second-order valence-corrected chi connectivity index (χ2v) is 5.44. The van der Waals surface area contributed by atoms with Crippen molar-refractivity contribution in [3.05, 3.63) is 23.8 Å². The Hall–Kier alpha value is -1.18. The van der Waals surface area contributed by atoms with Gasteiger partial charge in [0.1, 0.15) is 5.75 Å². The van der Waals surface area contributed by atoms with Gasteiger partial charge in [-0.15, -0.1) is 0 Å². The van der Waals surface area contributed by atoms with Gasteiger partial charge in [0, 0.05) is 6.54 Å². The Labute approximate surface area is 111 Å². The lowest BCUT2D eigenvalue weighted by molar-refractivity contribution is 0.415. The van der Waals surface area contributed by atoms with Crippen LogP contribution in [0.5, 0.6) is 5.75 Å². The molecule has 0 aromatic heterocycles. The molecule has 2 rings (SSSR count). The topological polar surface area (TPSA) is 21.3 Å². The van der Waals surface area contributed by atoms with Gasteiger partial charge in [-0.25, -0.2) is 0 Å². The lowest BCUT2D eigenvalue weighted by atomic mass is 10.0. The summed E-state index contributed by atoms with van der Waals surface area (Å²) in [7, 11) is 1.74. The van der Waals surface area contributed by atoms with Crippen LogP contribution in [-0.2, 0) is 0 Å². The van der Waals surface area contributed by atoms with Gasteiger partial charge in [-0.05, 0) is 43.4 Å². The summed E-state index contributed by atoms with van der Waals surface area (Å²) in [5, 5.41) is 3.56. The number of aryl methyl sites for hydroxylation is 1. The monoisotopic (exact) mass is 247 g/mol. The fourth-order valence-electron chi connectivity index (χ4n) is 2.77. The van der Waals surface area contributed by atoms with Crippen LogP contribution >= 0.6 is 0 Å². The SMILES string of the molecule is COc1cc(C)ccc1NCC1CCCCCC1. The van der Waals surface area contributed by atoms with E-state index in [1.165, 1.54) is 44.1 Å². The van der Waals surface area contributed by atoms with Gasteiger partial charge in [0.05, 0.1) is 12.8 Å². The van der Waals surface area contributed by atoms with Crippen LogP contribution in [0.2, 0.25) is 0 Å². The molecule has 1 aliphatic carbocycles. The normalized spacial score (nSPS) is 17.2. The number of ether oxygens (including phenoxy) is 1. The van der Waals surface area contributed by atoms with Gasteiger partial charge in [0.25, 0.3) is 0 Å². The molecule has 0 spiro atoms. The Morgan fingerprint density at radius 3 is 2.56 bits per heavy atom. The van der Waals surface area contributed by atoms with Crippen LogP contribution in [-0.4, -0.2) is 13.7 Å². The first-order valence-electron chi connectivity index (χ1n) is 7.18. The van der Waals surface area contributed by atoms with Gasteiger partial charge in [-0.2, -0.15) is 0 Å². The molecule has 0 aliphatic heterocycles. The molecule has 100 valence electrons. The molecule has 0 radical (unpaired) electrons. The average Bonchev–Trinajstić information content (AvgIpc) is 2.65. The molecule has 1 aliphatic rings. The largest absolute Gasteiger partial charge is 0.495 e. The zero-order chi connectivity index (χ0) is 12.8. The number of rotatable bonds is 4. The molecule has 1 saturated carbocycles. The Bertz CT molecular complexity index is 367. The molecule has 0 atom stereocenters. The fraction of sp³-hybridized carbons (Fsp3) is 0.625. The predicted molar refractivity (Wildman–Crippen MR) is 77.4 cm³/mol. The van der Waals surface area contributed by atoms with E-state index >= 15 is 0 Å². The van der Waals surface area contributed by atoms with Crippen molar-refractivity contribution >= 4 is 5.69 Å². The minimum Gasteiger partial charge on any atom is -0.495 e. The van der Waals surface area contributed by atoms with E-state index in [1.54, 1.807) is 7.11 Å². The quantitative estimate of drug-likeness (QED) is 0.797. The van der Waals surface area contributed by atoms with Crippen molar-refractivity contribution in [1.82, 2.24) is 0 Å². The van der Waals surface area contributed by atoms with E-state index in [2.05, 4.69) is 30.4 Å². The first kappa shape index (κ1) is 13.3. The van der Waals surface area contributed by atoms with Gasteiger partial charge in [-0.3, -0.25) is 0 Å². The summed E-state index contributed by atoms with van der Waals surface area (Å²) in [6.45, 7) is 3.18. The van der Waals surface area contributed by atoms with Crippen molar-refractivity contribution in [3.63, 3.8) is 0 Å². The standard InChI is InChI=1S/C16H25NO/c1-13-9-10-15(16(11-13)18-2)17-12-14-7-5-3-4-6-8-14/h9-11,14,17H,3-8,12H2,1-2H3. The molecule has 2 nitrogen and oxygen atoms in total. The highest BCUT2D eigenvalue weighted by molar-refractivity contribution is 5.57. The highest BCUT2D eigenvalue weighted by Crippen LogP contribution is 2.27. The maximum absolute atomic E-state index is 5.43. The second-order valence-electron chi connectivity index (χ2n) is 5.44. The van der Waals surface area contributed by atoms with Crippen LogP contribution < -0.4 is 10.1 Å². The molecule has 1 aromatic carbocycles. The van der Waals surface area contributed by atoms with Crippen molar-refractivity contribution in [1.29, 1.82) is 0 Å². The molecule has 0 unspecified atom stereocenters. The van der Waals surface area contributed by atoms with Crippen LogP contribution in [0.3, 0.4) is 0 Å². The molecule has 2 heteroatoms. The van der Waals surface area contributed by atoms with Gasteiger partial charge < -0.3 is 10.1 Å². The second kappa shape index (κ2) is 6.67. The van der Waals surface area contributed by atoms with E-state index in [1.807, 2.05) is 0 Å². The minimum absolute atomic E-state index is 0.832. The van der Waals surface area contributed by atoms with Crippen molar-refractivity contribution in [2.24, 2.45) is 5.92 Å². The van der Waals surface area contributed by atoms with Crippen LogP contribution in [0.4, 0.5) is 5.69 Å². The van der Waals surface area contributed by atoms with Crippen LogP contribution in [0.25, 0.3) is 0 Å². The Kier molecular flexibility index (Phi) is 4.91. The fourth-order valence-corrected chi connectivity index (χ4v) is 2.77. The number of anilines is 1. The summed E-state index contributed by atoms with van der Waals surface area (Å²) in [6.07, 6.45) is 8.39. The molecule has 1 N–H and O–H groups in total. The number of nitrogens with one attached hydrogen (secondary N) is 1. The van der Waals surface area contributed by atoms with Crippen molar-refractivity contribution in [2.45, 2.75) is 45.4 Å². The summed E-state index contributed by atoms with van der Waals surface area (Å²) in [5.41, 5.74) is 2.37. The smallest absolute Gasteiger partial charge is 0.142 e. The zero-order valence-corrected chi connectivity index (χ0v) is 11.7. The highest BCUT2D eigenvalue weighted by Gasteiger charge is 2.12. The van der Waals surface area contributed by atoms with E-state index in [0.29, 0.717) is 0 Å². The van der Waals surface area contributed by atoms with E-state index in [-0.39, 0.29) is 0 Å². The van der Waals surface area contributed by atoms with Crippen molar-refractivity contribution < 1.29 is 4.74 Å². The third kappa shape index (κ3) is 3.66. The summed E-state index contributed by atoms with van der Waals surface area (Å²) in [4.78, 5) is 0.